The first-order chi connectivity index (χ1) is 8.74. The van der Waals surface area contributed by atoms with Crippen LogP contribution in [-0.4, -0.2) is 30.3 Å². The van der Waals surface area contributed by atoms with Crippen LogP contribution >= 0.6 is 0 Å². The van der Waals surface area contributed by atoms with E-state index < -0.39 is 5.97 Å². The molecule has 2 rings (SSSR count). The highest BCUT2D eigenvalue weighted by Crippen LogP contribution is 2.18. The number of carbonyl (C=O) groups is 1. The quantitative estimate of drug-likeness (QED) is 0.854. The van der Waals surface area contributed by atoms with Gasteiger partial charge in [0.1, 0.15) is 5.75 Å². The van der Waals surface area contributed by atoms with Crippen molar-refractivity contribution in [1.29, 1.82) is 0 Å². The monoisotopic (exact) mass is 249 g/mol. The van der Waals surface area contributed by atoms with Gasteiger partial charge in [0.25, 0.3) is 0 Å². The zero-order valence-electron chi connectivity index (χ0n) is 10.4. The van der Waals surface area contributed by atoms with Crippen molar-refractivity contribution in [3.63, 3.8) is 0 Å². The maximum atomic E-state index is 10.6. The van der Waals surface area contributed by atoms with E-state index in [1.165, 1.54) is 0 Å². The van der Waals surface area contributed by atoms with Gasteiger partial charge in [-0.1, -0.05) is 12.1 Å². The van der Waals surface area contributed by atoms with E-state index in [4.69, 9.17) is 9.84 Å². The van der Waals surface area contributed by atoms with E-state index in [9.17, 15) is 4.79 Å². The fourth-order valence-corrected chi connectivity index (χ4v) is 2.16. The van der Waals surface area contributed by atoms with Crippen LogP contribution < -0.4 is 10.1 Å². The molecule has 2 N–H and O–H groups in total. The fourth-order valence-electron chi connectivity index (χ4n) is 2.16. The Bertz CT molecular complexity index is 381. The van der Waals surface area contributed by atoms with Crippen molar-refractivity contribution in [2.75, 3.05) is 13.1 Å². The topological polar surface area (TPSA) is 58.6 Å². The summed E-state index contributed by atoms with van der Waals surface area (Å²) in [7, 11) is 0. The van der Waals surface area contributed by atoms with Crippen LogP contribution in [-0.2, 0) is 11.2 Å². The molecule has 18 heavy (non-hydrogen) atoms. The first-order valence-corrected chi connectivity index (χ1v) is 6.42. The van der Waals surface area contributed by atoms with Crippen LogP contribution in [0.4, 0.5) is 0 Å². The lowest BCUT2D eigenvalue weighted by molar-refractivity contribution is -0.136. The van der Waals surface area contributed by atoms with Crippen LogP contribution in [0, 0.1) is 0 Å². The number of hydrogen-bond acceptors (Lipinski definition) is 3. The van der Waals surface area contributed by atoms with Gasteiger partial charge in [-0.2, -0.15) is 0 Å². The molecule has 4 nitrogen and oxygen atoms in total. The molecule has 0 bridgehead atoms. The second-order valence-electron chi connectivity index (χ2n) is 4.64. The van der Waals surface area contributed by atoms with Crippen LogP contribution in [0.25, 0.3) is 0 Å². The largest absolute Gasteiger partial charge is 0.490 e. The summed E-state index contributed by atoms with van der Waals surface area (Å²) in [5.74, 6) is 0.0227. The van der Waals surface area contributed by atoms with E-state index in [1.807, 2.05) is 24.3 Å². The molecule has 1 unspecified atom stereocenters. The number of carboxylic acids is 1. The Morgan fingerprint density at radius 1 is 1.28 bits per heavy atom. The first-order valence-electron chi connectivity index (χ1n) is 6.42. The van der Waals surface area contributed by atoms with E-state index in [-0.39, 0.29) is 12.5 Å². The molecule has 4 heteroatoms. The van der Waals surface area contributed by atoms with Crippen LogP contribution in [0.2, 0.25) is 0 Å². The maximum absolute atomic E-state index is 10.6. The van der Waals surface area contributed by atoms with E-state index in [0.717, 1.165) is 43.7 Å². The molecule has 1 aliphatic rings. The molecule has 0 amide bonds. The predicted molar refractivity (Wildman–Crippen MR) is 68.9 cm³/mol. The SMILES string of the molecule is O=C(O)Cc1ccc(OC2CCCNCC2)cc1. The molecule has 1 aromatic rings. The van der Waals surface area contributed by atoms with E-state index >= 15 is 0 Å². The van der Waals surface area contributed by atoms with Crippen LogP contribution in [0.1, 0.15) is 24.8 Å². The molecule has 0 saturated carbocycles. The molecule has 1 aromatic carbocycles. The van der Waals surface area contributed by atoms with Crippen molar-refractivity contribution < 1.29 is 14.6 Å². The number of benzene rings is 1. The third-order valence-electron chi connectivity index (χ3n) is 3.10. The lowest BCUT2D eigenvalue weighted by Gasteiger charge is -2.16. The van der Waals surface area contributed by atoms with Gasteiger partial charge in [0, 0.05) is 0 Å². The highest BCUT2D eigenvalue weighted by Gasteiger charge is 2.13. The van der Waals surface area contributed by atoms with Crippen molar-refractivity contribution in [2.45, 2.75) is 31.8 Å². The average Bonchev–Trinajstić information content (AvgIpc) is 2.60. The lowest BCUT2D eigenvalue weighted by atomic mass is 10.1. The summed E-state index contributed by atoms with van der Waals surface area (Å²) in [6, 6.07) is 7.35. The highest BCUT2D eigenvalue weighted by atomic mass is 16.5. The number of nitrogens with one attached hydrogen (secondary N) is 1. The van der Waals surface area contributed by atoms with Gasteiger partial charge in [-0.15, -0.1) is 0 Å². The summed E-state index contributed by atoms with van der Waals surface area (Å²) in [5.41, 5.74) is 0.803. The molecular weight excluding hydrogens is 230 g/mol. The van der Waals surface area contributed by atoms with Crippen LogP contribution in [0.3, 0.4) is 0 Å². The summed E-state index contributed by atoms with van der Waals surface area (Å²) in [5, 5.41) is 12.0. The second-order valence-corrected chi connectivity index (χ2v) is 4.64. The molecule has 1 aliphatic heterocycles. The Balaban J connectivity index is 1.90. The summed E-state index contributed by atoms with van der Waals surface area (Å²) in [4.78, 5) is 10.6. The van der Waals surface area contributed by atoms with Crippen molar-refractivity contribution in [2.24, 2.45) is 0 Å². The Morgan fingerprint density at radius 2 is 2.06 bits per heavy atom. The average molecular weight is 249 g/mol. The molecule has 98 valence electrons. The van der Waals surface area contributed by atoms with Gasteiger partial charge in [-0.05, 0) is 50.0 Å². The van der Waals surface area contributed by atoms with Crippen molar-refractivity contribution in [3.8, 4) is 5.75 Å². The van der Waals surface area contributed by atoms with E-state index in [2.05, 4.69) is 5.32 Å². The molecule has 0 aromatic heterocycles. The number of hydrogen-bond donors (Lipinski definition) is 2. The third-order valence-corrected chi connectivity index (χ3v) is 3.10. The minimum absolute atomic E-state index is 0.0631. The Labute approximate surface area is 107 Å². The van der Waals surface area contributed by atoms with Gasteiger partial charge in [0.15, 0.2) is 0 Å². The molecule has 0 aliphatic carbocycles. The zero-order chi connectivity index (χ0) is 12.8. The van der Waals surface area contributed by atoms with Crippen molar-refractivity contribution in [1.82, 2.24) is 5.32 Å². The zero-order valence-corrected chi connectivity index (χ0v) is 10.4. The number of carboxylic acid groups (broad SMARTS) is 1. The van der Waals surface area contributed by atoms with Gasteiger partial charge < -0.3 is 15.2 Å². The van der Waals surface area contributed by atoms with Crippen molar-refractivity contribution in [3.05, 3.63) is 29.8 Å². The van der Waals surface area contributed by atoms with Crippen LogP contribution in [0.15, 0.2) is 24.3 Å². The summed E-state index contributed by atoms with van der Waals surface area (Å²) in [6.07, 6.45) is 3.57. The number of rotatable bonds is 4. The molecule has 0 spiro atoms. The molecule has 1 atom stereocenters. The normalized spacial score (nSPS) is 20.1. The molecule has 1 fully saturated rings. The van der Waals surface area contributed by atoms with E-state index in [1.54, 1.807) is 0 Å². The smallest absolute Gasteiger partial charge is 0.307 e. The van der Waals surface area contributed by atoms with Gasteiger partial charge in [-0.3, -0.25) is 4.79 Å². The minimum Gasteiger partial charge on any atom is -0.490 e. The van der Waals surface area contributed by atoms with Gasteiger partial charge in [0.05, 0.1) is 12.5 Å². The van der Waals surface area contributed by atoms with E-state index in [0.29, 0.717) is 0 Å². The fraction of sp³-hybridized carbons (Fsp3) is 0.500. The standard InChI is InChI=1S/C14H19NO3/c16-14(17)10-11-3-5-13(6-4-11)18-12-2-1-8-15-9-7-12/h3-6,12,15H,1-2,7-10H2,(H,16,17). The molecule has 0 radical (unpaired) electrons. The molecular formula is C14H19NO3. The maximum Gasteiger partial charge on any atom is 0.307 e. The molecule has 1 heterocycles. The summed E-state index contributed by atoms with van der Waals surface area (Å²) >= 11 is 0. The first kappa shape index (κ1) is 12.9. The Hall–Kier alpha value is -1.55. The highest BCUT2D eigenvalue weighted by molar-refractivity contribution is 5.70. The van der Waals surface area contributed by atoms with Crippen LogP contribution in [0.5, 0.6) is 5.75 Å². The van der Waals surface area contributed by atoms with Gasteiger partial charge in [-0.25, -0.2) is 0 Å². The van der Waals surface area contributed by atoms with Gasteiger partial charge in [0.2, 0.25) is 0 Å². The number of ether oxygens (including phenoxy) is 1. The number of aliphatic carboxylic acids is 1. The lowest BCUT2D eigenvalue weighted by Crippen LogP contribution is -2.19. The van der Waals surface area contributed by atoms with Crippen molar-refractivity contribution >= 4 is 5.97 Å². The Morgan fingerprint density at radius 3 is 2.78 bits per heavy atom. The second kappa shape index (κ2) is 6.40. The Kier molecular flexibility index (Phi) is 4.59. The molecule has 1 saturated heterocycles. The summed E-state index contributed by atoms with van der Waals surface area (Å²) in [6.45, 7) is 2.07. The van der Waals surface area contributed by atoms with Gasteiger partial charge >= 0.3 is 5.97 Å². The third kappa shape index (κ3) is 4.04. The predicted octanol–water partition coefficient (Wildman–Crippen LogP) is 1.83. The summed E-state index contributed by atoms with van der Waals surface area (Å²) < 4.78 is 5.91. The minimum atomic E-state index is -0.807.